The van der Waals surface area contributed by atoms with Crippen molar-refractivity contribution >= 4 is 28.6 Å². The van der Waals surface area contributed by atoms with E-state index in [2.05, 4.69) is 22.2 Å². The molecular weight excluding hydrogens is 286 g/mol. The molecule has 2 rings (SSSR count). The number of hydrogen-bond donors (Lipinski definition) is 1. The van der Waals surface area contributed by atoms with Crippen molar-refractivity contribution in [2.45, 2.75) is 24.9 Å². The summed E-state index contributed by atoms with van der Waals surface area (Å²) < 4.78 is 5.58. The fraction of sp³-hybridized carbons (Fsp3) is 0.400. The van der Waals surface area contributed by atoms with Gasteiger partial charge in [0.15, 0.2) is 11.8 Å². The number of rotatable bonds is 7. The SMILES string of the molecule is CCCCNC(=O)COc1nc(SC)nc2ccccc12. The van der Waals surface area contributed by atoms with Crippen LogP contribution < -0.4 is 10.1 Å². The third kappa shape index (κ3) is 4.32. The normalized spacial score (nSPS) is 10.6. The largest absolute Gasteiger partial charge is 0.467 e. The maximum Gasteiger partial charge on any atom is 0.258 e. The lowest BCUT2D eigenvalue weighted by atomic mass is 10.2. The Morgan fingerprint density at radius 1 is 1.33 bits per heavy atom. The van der Waals surface area contributed by atoms with Crippen LogP contribution >= 0.6 is 11.8 Å². The second-order valence-electron chi connectivity index (χ2n) is 4.52. The standard InChI is InChI=1S/C15H19N3O2S/c1-3-4-9-16-13(19)10-20-14-11-7-5-6-8-12(11)17-15(18-14)21-2/h5-8H,3-4,9-10H2,1-2H3,(H,16,19). The Bertz CT molecular complexity index is 619. The zero-order chi connectivity index (χ0) is 15.1. The molecule has 5 nitrogen and oxygen atoms in total. The van der Waals surface area contributed by atoms with E-state index in [4.69, 9.17) is 4.74 Å². The zero-order valence-corrected chi connectivity index (χ0v) is 13.1. The highest BCUT2D eigenvalue weighted by atomic mass is 32.2. The lowest BCUT2D eigenvalue weighted by Gasteiger charge is -2.09. The molecule has 0 aliphatic rings. The van der Waals surface area contributed by atoms with Crippen LogP contribution in [-0.4, -0.2) is 35.3 Å². The number of amides is 1. The Balaban J connectivity index is 2.08. The Kier molecular flexibility index (Phi) is 5.80. The number of fused-ring (bicyclic) bond motifs is 1. The van der Waals surface area contributed by atoms with Gasteiger partial charge < -0.3 is 10.1 Å². The first-order valence-electron chi connectivity index (χ1n) is 6.95. The topological polar surface area (TPSA) is 64.1 Å². The molecule has 1 amide bonds. The molecule has 0 aliphatic heterocycles. The fourth-order valence-corrected chi connectivity index (χ4v) is 2.18. The van der Waals surface area contributed by atoms with Crippen LogP contribution in [0.2, 0.25) is 0 Å². The van der Waals surface area contributed by atoms with Gasteiger partial charge in [0.1, 0.15) is 0 Å². The van der Waals surface area contributed by atoms with E-state index in [0.29, 0.717) is 17.6 Å². The summed E-state index contributed by atoms with van der Waals surface area (Å²) in [6, 6.07) is 7.62. The first-order valence-corrected chi connectivity index (χ1v) is 8.17. The minimum Gasteiger partial charge on any atom is -0.467 e. The van der Waals surface area contributed by atoms with Crippen molar-refractivity contribution in [1.82, 2.24) is 15.3 Å². The molecule has 1 heterocycles. The number of nitrogens with zero attached hydrogens (tertiary/aromatic N) is 2. The highest BCUT2D eigenvalue weighted by molar-refractivity contribution is 7.98. The summed E-state index contributed by atoms with van der Waals surface area (Å²) >= 11 is 1.45. The molecule has 0 atom stereocenters. The van der Waals surface area contributed by atoms with Gasteiger partial charge in [0.2, 0.25) is 5.88 Å². The molecule has 6 heteroatoms. The molecule has 1 aromatic heterocycles. The summed E-state index contributed by atoms with van der Waals surface area (Å²) in [5.41, 5.74) is 0.818. The van der Waals surface area contributed by atoms with Gasteiger partial charge in [-0.25, -0.2) is 4.98 Å². The van der Waals surface area contributed by atoms with Crippen molar-refractivity contribution in [3.63, 3.8) is 0 Å². The van der Waals surface area contributed by atoms with Crippen molar-refractivity contribution < 1.29 is 9.53 Å². The van der Waals surface area contributed by atoms with Crippen LogP contribution in [0, 0.1) is 0 Å². The minimum atomic E-state index is -0.128. The molecule has 0 spiro atoms. The number of para-hydroxylation sites is 1. The van der Waals surface area contributed by atoms with E-state index >= 15 is 0 Å². The second-order valence-corrected chi connectivity index (χ2v) is 5.30. The number of thioether (sulfide) groups is 1. The van der Waals surface area contributed by atoms with E-state index in [1.807, 2.05) is 30.5 Å². The average molecular weight is 305 g/mol. The van der Waals surface area contributed by atoms with Crippen molar-refractivity contribution in [3.8, 4) is 5.88 Å². The van der Waals surface area contributed by atoms with E-state index in [0.717, 1.165) is 23.7 Å². The average Bonchev–Trinajstić information content (AvgIpc) is 2.52. The Labute approximate surface area is 128 Å². The maximum absolute atomic E-state index is 11.7. The highest BCUT2D eigenvalue weighted by Gasteiger charge is 2.10. The molecule has 0 aliphatic carbocycles. The lowest BCUT2D eigenvalue weighted by Crippen LogP contribution is -2.29. The van der Waals surface area contributed by atoms with E-state index in [9.17, 15) is 4.79 Å². The molecule has 0 unspecified atom stereocenters. The number of unbranched alkanes of at least 4 members (excludes halogenated alkanes) is 1. The zero-order valence-electron chi connectivity index (χ0n) is 12.3. The van der Waals surface area contributed by atoms with Crippen molar-refractivity contribution in [3.05, 3.63) is 24.3 Å². The number of aromatic nitrogens is 2. The van der Waals surface area contributed by atoms with Gasteiger partial charge in [0.05, 0.1) is 10.9 Å². The number of hydrogen-bond acceptors (Lipinski definition) is 5. The Hall–Kier alpha value is -1.82. The minimum absolute atomic E-state index is 0.0292. The molecule has 21 heavy (non-hydrogen) atoms. The lowest BCUT2D eigenvalue weighted by molar-refractivity contribution is -0.123. The third-order valence-electron chi connectivity index (χ3n) is 2.92. The molecule has 0 saturated carbocycles. The van der Waals surface area contributed by atoms with Crippen molar-refractivity contribution in [1.29, 1.82) is 0 Å². The molecule has 1 N–H and O–H groups in total. The summed E-state index contributed by atoms with van der Waals surface area (Å²) in [6.07, 6.45) is 3.93. The molecule has 2 aromatic rings. The summed E-state index contributed by atoms with van der Waals surface area (Å²) in [7, 11) is 0. The van der Waals surface area contributed by atoms with Gasteiger partial charge in [-0.1, -0.05) is 37.2 Å². The quantitative estimate of drug-likeness (QED) is 0.484. The number of ether oxygens (including phenoxy) is 1. The van der Waals surface area contributed by atoms with Crippen LogP contribution in [0.1, 0.15) is 19.8 Å². The predicted octanol–water partition coefficient (Wildman–Crippen LogP) is 2.65. The van der Waals surface area contributed by atoms with E-state index < -0.39 is 0 Å². The summed E-state index contributed by atoms with van der Waals surface area (Å²) in [4.78, 5) is 20.4. The highest BCUT2D eigenvalue weighted by Crippen LogP contribution is 2.24. The monoisotopic (exact) mass is 305 g/mol. The molecule has 1 aromatic carbocycles. The van der Waals surface area contributed by atoms with Gasteiger partial charge in [-0.05, 0) is 24.8 Å². The molecule has 0 saturated heterocycles. The van der Waals surface area contributed by atoms with Gasteiger partial charge in [-0.3, -0.25) is 4.79 Å². The van der Waals surface area contributed by atoms with Crippen LogP contribution in [0.4, 0.5) is 0 Å². The van der Waals surface area contributed by atoms with Gasteiger partial charge in [-0.2, -0.15) is 4.98 Å². The van der Waals surface area contributed by atoms with Crippen LogP contribution in [0.5, 0.6) is 5.88 Å². The molecule has 0 radical (unpaired) electrons. The van der Waals surface area contributed by atoms with Crippen LogP contribution in [0.3, 0.4) is 0 Å². The van der Waals surface area contributed by atoms with Gasteiger partial charge in [-0.15, -0.1) is 0 Å². The Morgan fingerprint density at radius 3 is 2.90 bits per heavy atom. The van der Waals surface area contributed by atoms with Crippen molar-refractivity contribution in [2.24, 2.45) is 0 Å². The van der Waals surface area contributed by atoms with Gasteiger partial charge in [0, 0.05) is 6.54 Å². The number of carbonyl (C=O) groups excluding carboxylic acids is 1. The number of nitrogens with one attached hydrogen (secondary N) is 1. The van der Waals surface area contributed by atoms with E-state index in [-0.39, 0.29) is 12.5 Å². The van der Waals surface area contributed by atoms with E-state index in [1.165, 1.54) is 11.8 Å². The molecule has 112 valence electrons. The van der Waals surface area contributed by atoms with Gasteiger partial charge >= 0.3 is 0 Å². The summed E-state index contributed by atoms with van der Waals surface area (Å²) in [5.74, 6) is 0.326. The van der Waals surface area contributed by atoms with Crippen molar-refractivity contribution in [2.75, 3.05) is 19.4 Å². The summed E-state index contributed by atoms with van der Waals surface area (Å²) in [6.45, 7) is 2.73. The predicted molar refractivity (Wildman–Crippen MR) is 84.7 cm³/mol. The molecule has 0 bridgehead atoms. The van der Waals surface area contributed by atoms with Crippen LogP contribution in [-0.2, 0) is 4.79 Å². The summed E-state index contributed by atoms with van der Waals surface area (Å²) in [5, 5.41) is 4.27. The van der Waals surface area contributed by atoms with E-state index in [1.54, 1.807) is 0 Å². The second kappa shape index (κ2) is 7.83. The van der Waals surface area contributed by atoms with Crippen LogP contribution in [0.25, 0.3) is 10.9 Å². The molecular formula is C15H19N3O2S. The third-order valence-corrected chi connectivity index (χ3v) is 3.47. The first-order chi connectivity index (χ1) is 10.2. The number of carbonyl (C=O) groups is 1. The van der Waals surface area contributed by atoms with Crippen LogP contribution in [0.15, 0.2) is 29.4 Å². The molecule has 0 fully saturated rings. The maximum atomic E-state index is 11.7. The number of benzene rings is 1. The van der Waals surface area contributed by atoms with Gasteiger partial charge in [0.25, 0.3) is 5.91 Å². The Morgan fingerprint density at radius 2 is 2.14 bits per heavy atom. The fourth-order valence-electron chi connectivity index (χ4n) is 1.82. The first kappa shape index (κ1) is 15.6. The smallest absolute Gasteiger partial charge is 0.258 e.